The van der Waals surface area contributed by atoms with Gasteiger partial charge in [-0.15, -0.1) is 0 Å². The highest BCUT2D eigenvalue weighted by atomic mass is 79.9. The maximum Gasteiger partial charge on any atom is 0.432 e. The van der Waals surface area contributed by atoms with Crippen LogP contribution in [0.1, 0.15) is 17.0 Å². The summed E-state index contributed by atoms with van der Waals surface area (Å²) in [7, 11) is 0. The van der Waals surface area contributed by atoms with Gasteiger partial charge in [0.25, 0.3) is 0 Å². The van der Waals surface area contributed by atoms with Gasteiger partial charge in [-0.3, -0.25) is 0 Å². The van der Waals surface area contributed by atoms with E-state index in [0.717, 1.165) is 0 Å². The third kappa shape index (κ3) is 1.70. The van der Waals surface area contributed by atoms with Crippen LogP contribution in [0.3, 0.4) is 0 Å². The zero-order chi connectivity index (χ0) is 10.2. The van der Waals surface area contributed by atoms with Crippen LogP contribution in [0, 0.1) is 18.3 Å². The Morgan fingerprint density at radius 1 is 1.46 bits per heavy atom. The second-order valence-electron chi connectivity index (χ2n) is 2.42. The molecule has 0 spiro atoms. The van der Waals surface area contributed by atoms with Crippen molar-refractivity contribution >= 4 is 15.9 Å². The summed E-state index contributed by atoms with van der Waals surface area (Å²) in [4.78, 5) is 2.11. The molecule has 70 valence electrons. The number of hydrogen-bond donors (Lipinski definition) is 1. The summed E-state index contributed by atoms with van der Waals surface area (Å²) in [5.41, 5.74) is -0.712. The highest BCUT2D eigenvalue weighted by Gasteiger charge is 2.36. The van der Waals surface area contributed by atoms with Crippen LogP contribution >= 0.6 is 15.9 Å². The SMILES string of the molecule is Cc1[nH]c(C(F)(F)F)c(Br)c1C#N. The van der Waals surface area contributed by atoms with Crippen molar-refractivity contribution in [2.75, 3.05) is 0 Å². The molecule has 0 atom stereocenters. The molecular formula is C7H4BrF3N2. The normalized spacial score (nSPS) is 11.4. The van der Waals surface area contributed by atoms with E-state index >= 15 is 0 Å². The van der Waals surface area contributed by atoms with E-state index in [0.29, 0.717) is 0 Å². The fraction of sp³-hybridized carbons (Fsp3) is 0.286. The van der Waals surface area contributed by atoms with Gasteiger partial charge in [-0.1, -0.05) is 0 Å². The fourth-order valence-corrected chi connectivity index (χ4v) is 1.63. The molecule has 1 aromatic rings. The van der Waals surface area contributed by atoms with Crippen LogP contribution in [0.15, 0.2) is 4.47 Å². The molecule has 0 unspecified atom stereocenters. The zero-order valence-electron chi connectivity index (χ0n) is 6.46. The Morgan fingerprint density at radius 3 is 2.23 bits per heavy atom. The second kappa shape index (κ2) is 3.07. The highest BCUT2D eigenvalue weighted by Crippen LogP contribution is 2.36. The smallest absolute Gasteiger partial charge is 0.353 e. The third-order valence-corrected chi connectivity index (χ3v) is 2.31. The van der Waals surface area contributed by atoms with E-state index in [9.17, 15) is 13.2 Å². The number of nitrogens with zero attached hydrogens (tertiary/aromatic N) is 1. The number of halogens is 4. The van der Waals surface area contributed by atoms with Gasteiger partial charge in [0, 0.05) is 5.69 Å². The molecule has 1 heterocycles. The van der Waals surface area contributed by atoms with Gasteiger partial charge < -0.3 is 4.98 Å². The van der Waals surface area contributed by atoms with Crippen LogP contribution in [0.5, 0.6) is 0 Å². The van der Waals surface area contributed by atoms with Crippen molar-refractivity contribution in [2.24, 2.45) is 0 Å². The van der Waals surface area contributed by atoms with Gasteiger partial charge in [0.2, 0.25) is 0 Å². The van der Waals surface area contributed by atoms with Gasteiger partial charge in [-0.05, 0) is 22.9 Å². The molecule has 1 N–H and O–H groups in total. The molecule has 13 heavy (non-hydrogen) atoms. The minimum atomic E-state index is -4.46. The van der Waals surface area contributed by atoms with Gasteiger partial charge in [0.1, 0.15) is 11.8 Å². The number of rotatable bonds is 0. The Balaban J connectivity index is 3.37. The van der Waals surface area contributed by atoms with Crippen LogP contribution < -0.4 is 0 Å². The zero-order valence-corrected chi connectivity index (χ0v) is 8.05. The van der Waals surface area contributed by atoms with E-state index in [4.69, 9.17) is 5.26 Å². The first-order valence-electron chi connectivity index (χ1n) is 3.23. The molecule has 0 fully saturated rings. The van der Waals surface area contributed by atoms with E-state index in [1.54, 1.807) is 6.07 Å². The molecule has 0 radical (unpaired) electrons. The summed E-state index contributed by atoms with van der Waals surface area (Å²) in [6.07, 6.45) is -4.46. The Kier molecular flexibility index (Phi) is 2.39. The summed E-state index contributed by atoms with van der Waals surface area (Å²) in [6, 6.07) is 1.68. The predicted molar refractivity (Wildman–Crippen MR) is 42.9 cm³/mol. The molecule has 0 aliphatic heterocycles. The number of nitrogens with one attached hydrogen (secondary N) is 1. The number of alkyl halides is 3. The van der Waals surface area contributed by atoms with Crippen LogP contribution in [-0.4, -0.2) is 4.98 Å². The number of aryl methyl sites for hydroxylation is 1. The van der Waals surface area contributed by atoms with Gasteiger partial charge in [-0.2, -0.15) is 18.4 Å². The lowest BCUT2D eigenvalue weighted by atomic mass is 10.3. The Labute approximate surface area is 80.5 Å². The fourth-order valence-electron chi connectivity index (χ4n) is 0.923. The van der Waals surface area contributed by atoms with E-state index < -0.39 is 11.9 Å². The largest absolute Gasteiger partial charge is 0.432 e. The number of aromatic nitrogens is 1. The maximum absolute atomic E-state index is 12.2. The average Bonchev–Trinajstić information content (AvgIpc) is 2.25. The lowest BCUT2D eigenvalue weighted by Gasteiger charge is -2.03. The Hall–Kier alpha value is -0.960. The molecule has 0 aromatic carbocycles. The van der Waals surface area contributed by atoms with Gasteiger partial charge >= 0.3 is 6.18 Å². The number of H-pyrrole nitrogens is 1. The molecule has 1 rings (SSSR count). The van der Waals surface area contributed by atoms with Crippen LogP contribution in [0.2, 0.25) is 0 Å². The standard InChI is InChI=1S/C7H4BrF3N2/c1-3-4(2-12)5(8)6(13-3)7(9,10)11/h13H,1H3. The molecule has 6 heteroatoms. The summed E-state index contributed by atoms with van der Waals surface area (Å²) in [6.45, 7) is 1.42. The topological polar surface area (TPSA) is 39.6 Å². The predicted octanol–water partition coefficient (Wildman–Crippen LogP) is 2.98. The van der Waals surface area contributed by atoms with E-state index in [-0.39, 0.29) is 15.7 Å². The highest BCUT2D eigenvalue weighted by molar-refractivity contribution is 9.10. The van der Waals surface area contributed by atoms with Gasteiger partial charge in [0.05, 0.1) is 10.0 Å². The molecule has 0 saturated heterocycles. The van der Waals surface area contributed by atoms with E-state index in [1.807, 2.05) is 0 Å². The molecular weight excluding hydrogens is 249 g/mol. The summed E-state index contributed by atoms with van der Waals surface area (Å²) < 4.78 is 36.4. The minimum Gasteiger partial charge on any atom is -0.353 e. The molecule has 2 nitrogen and oxygen atoms in total. The number of aromatic amines is 1. The first-order valence-corrected chi connectivity index (χ1v) is 4.02. The molecule has 0 bridgehead atoms. The van der Waals surface area contributed by atoms with Crippen LogP contribution in [0.4, 0.5) is 13.2 Å². The molecule has 0 amide bonds. The first-order chi connectivity index (χ1) is 5.88. The summed E-state index contributed by atoms with van der Waals surface area (Å²) in [5, 5.41) is 8.51. The van der Waals surface area contributed by atoms with Crippen LogP contribution in [0.25, 0.3) is 0 Å². The van der Waals surface area contributed by atoms with Crippen molar-refractivity contribution < 1.29 is 13.2 Å². The van der Waals surface area contributed by atoms with Crippen molar-refractivity contribution in [1.82, 2.24) is 4.98 Å². The van der Waals surface area contributed by atoms with Crippen molar-refractivity contribution in [3.8, 4) is 6.07 Å². The number of hydrogen-bond acceptors (Lipinski definition) is 1. The number of nitriles is 1. The lowest BCUT2D eigenvalue weighted by Crippen LogP contribution is -2.06. The summed E-state index contributed by atoms with van der Waals surface area (Å²) in [5.74, 6) is 0. The minimum absolute atomic E-state index is 0.00711. The Bertz CT molecular complexity index is 372. The average molecular weight is 253 g/mol. The van der Waals surface area contributed by atoms with Crippen molar-refractivity contribution in [3.63, 3.8) is 0 Å². The van der Waals surface area contributed by atoms with Gasteiger partial charge in [-0.25, -0.2) is 0 Å². The van der Waals surface area contributed by atoms with Gasteiger partial charge in [0.15, 0.2) is 0 Å². The molecule has 0 aliphatic rings. The van der Waals surface area contributed by atoms with E-state index in [2.05, 4.69) is 20.9 Å². The van der Waals surface area contributed by atoms with Crippen molar-refractivity contribution in [2.45, 2.75) is 13.1 Å². The van der Waals surface area contributed by atoms with Crippen LogP contribution in [-0.2, 0) is 6.18 Å². The van der Waals surface area contributed by atoms with E-state index in [1.165, 1.54) is 6.92 Å². The maximum atomic E-state index is 12.2. The molecule has 1 aromatic heterocycles. The Morgan fingerprint density at radius 2 is 2.00 bits per heavy atom. The van der Waals surface area contributed by atoms with Crippen molar-refractivity contribution in [3.05, 3.63) is 21.4 Å². The third-order valence-electron chi connectivity index (χ3n) is 1.52. The molecule has 0 saturated carbocycles. The first kappa shape index (κ1) is 10.1. The monoisotopic (exact) mass is 252 g/mol. The lowest BCUT2D eigenvalue weighted by molar-refractivity contribution is -0.141. The van der Waals surface area contributed by atoms with Crippen molar-refractivity contribution in [1.29, 1.82) is 5.26 Å². The quantitative estimate of drug-likeness (QED) is 0.758. The molecule has 0 aliphatic carbocycles. The second-order valence-corrected chi connectivity index (χ2v) is 3.22. The summed E-state index contributed by atoms with van der Waals surface area (Å²) >= 11 is 2.72.